The van der Waals surface area contributed by atoms with Crippen molar-refractivity contribution in [2.75, 3.05) is 26.2 Å². The number of aromatic nitrogens is 4. The molecule has 1 unspecified atom stereocenters. The molecule has 0 spiro atoms. The molecule has 0 saturated carbocycles. The number of nitrogens with zero attached hydrogens (tertiary/aromatic N) is 6. The Balaban J connectivity index is 1.69. The Hall–Kier alpha value is -3.28. The Morgan fingerprint density at radius 2 is 1.92 bits per heavy atom. The highest BCUT2D eigenvalue weighted by Crippen LogP contribution is 2.31. The summed E-state index contributed by atoms with van der Waals surface area (Å²) in [5.41, 5.74) is -0.609. The normalized spacial score (nSPS) is 17.6. The van der Waals surface area contributed by atoms with Crippen LogP contribution in [-0.2, 0) is 27.0 Å². The van der Waals surface area contributed by atoms with Crippen LogP contribution in [0.25, 0.3) is 6.08 Å². The molecule has 196 valence electrons. The van der Waals surface area contributed by atoms with E-state index in [1.54, 1.807) is 11.8 Å². The van der Waals surface area contributed by atoms with E-state index < -0.39 is 17.3 Å². The Bertz CT molecular complexity index is 1120. The van der Waals surface area contributed by atoms with Gasteiger partial charge in [0.25, 0.3) is 0 Å². The van der Waals surface area contributed by atoms with Gasteiger partial charge in [0.2, 0.25) is 5.91 Å². The van der Waals surface area contributed by atoms with Gasteiger partial charge in [0.05, 0.1) is 18.7 Å². The number of esters is 1. The van der Waals surface area contributed by atoms with Gasteiger partial charge in [0.1, 0.15) is 5.60 Å². The number of aryl methyl sites for hydroxylation is 1. The monoisotopic (exact) mass is 508 g/mol. The highest BCUT2D eigenvalue weighted by molar-refractivity contribution is 5.92. The standard InChI is InChI=1S/C24H31F3N6O3/c1-16-13-31(15-22(35)36-23(3,4)5)10-11-32(16)21(34)9-7-18-6-8-20(24(25,26)27)12-19(18)14-33-29-17(2)28-30-33/h6-9,12,16H,10-11,13-15H2,1-5H3/b9-7+. The van der Waals surface area contributed by atoms with Crippen LogP contribution in [-0.4, -0.2) is 79.7 Å². The molecule has 1 amide bonds. The van der Waals surface area contributed by atoms with Crippen LogP contribution in [0.5, 0.6) is 0 Å². The van der Waals surface area contributed by atoms with Gasteiger partial charge in [0.15, 0.2) is 5.82 Å². The van der Waals surface area contributed by atoms with Crippen molar-refractivity contribution in [2.24, 2.45) is 0 Å². The van der Waals surface area contributed by atoms with Crippen LogP contribution in [0.4, 0.5) is 13.2 Å². The summed E-state index contributed by atoms with van der Waals surface area (Å²) in [6.45, 7) is 10.5. The number of carbonyl (C=O) groups excluding carboxylic acids is 2. The van der Waals surface area contributed by atoms with E-state index in [1.165, 1.54) is 23.0 Å². The average Bonchev–Trinajstić information content (AvgIpc) is 3.15. The highest BCUT2D eigenvalue weighted by atomic mass is 19.4. The first-order chi connectivity index (χ1) is 16.7. The molecule has 9 nitrogen and oxygen atoms in total. The van der Waals surface area contributed by atoms with Crippen LogP contribution in [0.15, 0.2) is 24.3 Å². The first-order valence-electron chi connectivity index (χ1n) is 11.6. The number of carbonyl (C=O) groups is 2. The number of halogens is 3. The number of piperazine rings is 1. The smallest absolute Gasteiger partial charge is 0.416 e. The van der Waals surface area contributed by atoms with Crippen molar-refractivity contribution in [3.8, 4) is 0 Å². The Kier molecular flexibility index (Phi) is 8.17. The number of hydrogen-bond acceptors (Lipinski definition) is 7. The predicted molar refractivity (Wildman–Crippen MR) is 126 cm³/mol. The zero-order valence-corrected chi connectivity index (χ0v) is 21.0. The van der Waals surface area contributed by atoms with Crippen molar-refractivity contribution in [1.82, 2.24) is 30.0 Å². The molecule has 0 bridgehead atoms. The summed E-state index contributed by atoms with van der Waals surface area (Å²) in [7, 11) is 0. The van der Waals surface area contributed by atoms with E-state index in [9.17, 15) is 22.8 Å². The molecule has 1 aliphatic heterocycles. The van der Waals surface area contributed by atoms with Crippen LogP contribution in [0.1, 0.15) is 50.2 Å². The summed E-state index contributed by atoms with van der Waals surface area (Å²) in [6.07, 6.45) is -1.65. The topological polar surface area (TPSA) is 93.5 Å². The summed E-state index contributed by atoms with van der Waals surface area (Å²) in [5, 5.41) is 11.6. The SMILES string of the molecule is Cc1nnn(Cc2cc(C(F)(F)F)ccc2/C=C/C(=O)N2CCN(CC(=O)OC(C)(C)C)CC2C)n1. The summed E-state index contributed by atoms with van der Waals surface area (Å²) in [5.74, 6) is -0.185. The third kappa shape index (κ3) is 7.61. The molecule has 2 aromatic rings. The van der Waals surface area contributed by atoms with Crippen LogP contribution >= 0.6 is 0 Å². The van der Waals surface area contributed by atoms with Crippen LogP contribution in [0, 0.1) is 6.92 Å². The number of amides is 1. The van der Waals surface area contributed by atoms with Gasteiger partial charge in [-0.25, -0.2) is 0 Å². The third-order valence-electron chi connectivity index (χ3n) is 5.51. The first-order valence-corrected chi connectivity index (χ1v) is 11.6. The molecule has 1 saturated heterocycles. The van der Waals surface area contributed by atoms with Crippen molar-refractivity contribution in [3.63, 3.8) is 0 Å². The molecule has 1 fully saturated rings. The van der Waals surface area contributed by atoms with Crippen molar-refractivity contribution in [2.45, 2.75) is 59.0 Å². The van der Waals surface area contributed by atoms with E-state index in [1.807, 2.05) is 32.6 Å². The number of alkyl halides is 3. The molecule has 36 heavy (non-hydrogen) atoms. The zero-order valence-electron chi connectivity index (χ0n) is 21.0. The van der Waals surface area contributed by atoms with Gasteiger partial charge in [0, 0.05) is 31.8 Å². The van der Waals surface area contributed by atoms with Crippen molar-refractivity contribution in [1.29, 1.82) is 0 Å². The zero-order chi connectivity index (χ0) is 26.7. The Morgan fingerprint density at radius 1 is 1.19 bits per heavy atom. The molecule has 0 aliphatic carbocycles. The van der Waals surface area contributed by atoms with Gasteiger partial charge >= 0.3 is 12.1 Å². The lowest BCUT2D eigenvalue weighted by molar-refractivity contribution is -0.156. The largest absolute Gasteiger partial charge is 0.459 e. The number of ether oxygens (including phenoxy) is 1. The maximum atomic E-state index is 13.3. The van der Waals surface area contributed by atoms with Gasteiger partial charge in [-0.3, -0.25) is 14.5 Å². The molecule has 0 N–H and O–H groups in total. The van der Waals surface area contributed by atoms with Gasteiger partial charge in [-0.2, -0.15) is 18.0 Å². The molecule has 12 heteroatoms. The minimum absolute atomic E-state index is 0.0294. The quantitative estimate of drug-likeness (QED) is 0.438. The van der Waals surface area contributed by atoms with E-state index in [0.717, 1.165) is 12.1 Å². The number of hydrogen-bond donors (Lipinski definition) is 0. The molecule has 1 aliphatic rings. The lowest BCUT2D eigenvalue weighted by Crippen LogP contribution is -2.54. The molecular formula is C24H31F3N6O3. The minimum atomic E-state index is -4.51. The van der Waals surface area contributed by atoms with E-state index >= 15 is 0 Å². The fourth-order valence-electron chi connectivity index (χ4n) is 3.94. The summed E-state index contributed by atoms with van der Waals surface area (Å²) < 4.78 is 45.2. The van der Waals surface area contributed by atoms with E-state index in [0.29, 0.717) is 36.6 Å². The second-order valence-electron chi connectivity index (χ2n) is 9.81. The predicted octanol–water partition coefficient (Wildman–Crippen LogP) is 2.94. The summed E-state index contributed by atoms with van der Waals surface area (Å²) in [4.78, 5) is 29.8. The van der Waals surface area contributed by atoms with Crippen LogP contribution in [0.2, 0.25) is 0 Å². The van der Waals surface area contributed by atoms with E-state index in [-0.39, 0.29) is 31.0 Å². The van der Waals surface area contributed by atoms with Gasteiger partial charge in [-0.15, -0.1) is 10.2 Å². The van der Waals surface area contributed by atoms with Gasteiger partial charge < -0.3 is 9.64 Å². The molecule has 1 atom stereocenters. The van der Waals surface area contributed by atoms with Gasteiger partial charge in [-0.1, -0.05) is 6.07 Å². The first kappa shape index (κ1) is 27.3. The highest BCUT2D eigenvalue weighted by Gasteiger charge is 2.31. The maximum Gasteiger partial charge on any atom is 0.416 e. The lowest BCUT2D eigenvalue weighted by atomic mass is 10.0. The molecule has 3 rings (SSSR count). The van der Waals surface area contributed by atoms with Crippen LogP contribution in [0.3, 0.4) is 0 Å². The number of rotatable bonds is 6. The molecular weight excluding hydrogens is 477 g/mol. The number of benzene rings is 1. The van der Waals surface area contributed by atoms with Crippen molar-refractivity contribution in [3.05, 3.63) is 46.8 Å². The fraction of sp³-hybridized carbons (Fsp3) is 0.542. The summed E-state index contributed by atoms with van der Waals surface area (Å²) >= 11 is 0. The minimum Gasteiger partial charge on any atom is -0.459 e. The van der Waals surface area contributed by atoms with E-state index in [2.05, 4.69) is 15.4 Å². The molecule has 1 aromatic carbocycles. The van der Waals surface area contributed by atoms with Crippen molar-refractivity contribution >= 4 is 18.0 Å². The van der Waals surface area contributed by atoms with Crippen LogP contribution < -0.4 is 0 Å². The fourth-order valence-corrected chi connectivity index (χ4v) is 3.94. The average molecular weight is 509 g/mol. The van der Waals surface area contributed by atoms with Crippen molar-refractivity contribution < 1.29 is 27.5 Å². The summed E-state index contributed by atoms with van der Waals surface area (Å²) in [6, 6.07) is 3.17. The Labute approximate surface area is 207 Å². The molecule has 2 heterocycles. The second kappa shape index (κ2) is 10.8. The molecule has 1 aromatic heterocycles. The second-order valence-corrected chi connectivity index (χ2v) is 9.81. The lowest BCUT2D eigenvalue weighted by Gasteiger charge is -2.39. The third-order valence-corrected chi connectivity index (χ3v) is 5.51. The maximum absolute atomic E-state index is 13.3. The van der Waals surface area contributed by atoms with E-state index in [4.69, 9.17) is 4.74 Å². The van der Waals surface area contributed by atoms with Gasteiger partial charge in [-0.05, 0) is 69.2 Å². The number of tetrazole rings is 1. The molecule has 0 radical (unpaired) electrons. The Morgan fingerprint density at radius 3 is 2.50 bits per heavy atom.